The Labute approximate surface area is 192 Å². The van der Waals surface area contributed by atoms with Crippen molar-refractivity contribution in [3.05, 3.63) is 66.0 Å². The smallest absolute Gasteiger partial charge is 0.411 e. The number of tetrazole rings is 1. The second-order valence-electron chi connectivity index (χ2n) is 9.18. The predicted molar refractivity (Wildman–Crippen MR) is 121 cm³/mol. The number of aliphatic carboxylic acids is 1. The summed E-state index contributed by atoms with van der Waals surface area (Å²) in [5, 5.41) is 21.7. The molecule has 1 aliphatic heterocycles. The third-order valence-corrected chi connectivity index (χ3v) is 5.53. The molecule has 0 spiro atoms. The molecule has 3 aromatic rings. The minimum Gasteiger partial charge on any atom is -0.480 e. The molecule has 9 heteroatoms. The third kappa shape index (κ3) is 5.19. The van der Waals surface area contributed by atoms with Crippen LogP contribution in [0, 0.1) is 0 Å². The molecule has 2 aromatic carbocycles. The molecule has 33 heavy (non-hydrogen) atoms. The summed E-state index contributed by atoms with van der Waals surface area (Å²) in [7, 11) is 0. The summed E-state index contributed by atoms with van der Waals surface area (Å²) in [6, 6.07) is 17.3. The van der Waals surface area contributed by atoms with Crippen LogP contribution in [0.15, 0.2) is 54.6 Å². The maximum Gasteiger partial charge on any atom is 0.411 e. The van der Waals surface area contributed by atoms with Gasteiger partial charge in [-0.05, 0) is 54.3 Å². The molecule has 1 saturated heterocycles. The highest BCUT2D eigenvalue weighted by Crippen LogP contribution is 2.32. The van der Waals surface area contributed by atoms with Gasteiger partial charge in [0, 0.05) is 12.5 Å². The number of ether oxygens (including phenoxy) is 1. The van der Waals surface area contributed by atoms with Gasteiger partial charge in [0.05, 0.1) is 6.54 Å². The minimum atomic E-state index is -1.07. The molecule has 1 N–H and O–H groups in total. The normalized spacial score (nSPS) is 18.3. The fourth-order valence-corrected chi connectivity index (χ4v) is 4.00. The van der Waals surface area contributed by atoms with Crippen molar-refractivity contribution in [2.75, 3.05) is 6.54 Å². The first kappa shape index (κ1) is 22.4. The number of hydrogen-bond donors (Lipinski definition) is 1. The molecule has 0 bridgehead atoms. The Kier molecular flexibility index (Phi) is 6.13. The number of carboxylic acids is 1. The van der Waals surface area contributed by atoms with E-state index in [1.54, 1.807) is 25.5 Å². The van der Waals surface area contributed by atoms with Crippen molar-refractivity contribution in [2.24, 2.45) is 0 Å². The monoisotopic (exact) mass is 449 g/mol. The number of amides is 1. The van der Waals surface area contributed by atoms with Crippen LogP contribution in [0.2, 0.25) is 0 Å². The Morgan fingerprint density at radius 2 is 1.73 bits per heavy atom. The van der Waals surface area contributed by atoms with Crippen molar-refractivity contribution in [1.29, 1.82) is 0 Å². The van der Waals surface area contributed by atoms with Crippen molar-refractivity contribution in [3.63, 3.8) is 0 Å². The lowest BCUT2D eigenvalue weighted by atomic mass is 10.0. The summed E-state index contributed by atoms with van der Waals surface area (Å²) in [6.45, 7) is 5.87. The molecule has 2 atom stereocenters. The third-order valence-electron chi connectivity index (χ3n) is 5.53. The van der Waals surface area contributed by atoms with Crippen molar-refractivity contribution in [1.82, 2.24) is 25.1 Å². The lowest BCUT2D eigenvalue weighted by molar-refractivity contribution is -0.142. The van der Waals surface area contributed by atoms with E-state index in [1.165, 1.54) is 4.90 Å². The average molecular weight is 450 g/mol. The Morgan fingerprint density at radius 1 is 1.06 bits per heavy atom. The van der Waals surface area contributed by atoms with Crippen LogP contribution in [-0.2, 0) is 16.1 Å². The van der Waals surface area contributed by atoms with Gasteiger partial charge in [0.1, 0.15) is 11.6 Å². The molecule has 0 unspecified atom stereocenters. The molecule has 172 valence electrons. The van der Waals surface area contributed by atoms with Crippen molar-refractivity contribution >= 4 is 12.1 Å². The Balaban J connectivity index is 1.50. The molecule has 1 amide bonds. The van der Waals surface area contributed by atoms with Gasteiger partial charge in [0.2, 0.25) is 0 Å². The number of aromatic nitrogens is 4. The molecule has 0 radical (unpaired) electrons. The van der Waals surface area contributed by atoms with Crippen molar-refractivity contribution < 1.29 is 19.4 Å². The topological polar surface area (TPSA) is 110 Å². The van der Waals surface area contributed by atoms with E-state index in [4.69, 9.17) is 4.74 Å². The van der Waals surface area contributed by atoms with E-state index >= 15 is 0 Å². The zero-order valence-corrected chi connectivity index (χ0v) is 18.9. The highest BCUT2D eigenvalue weighted by atomic mass is 16.6. The molecule has 1 aromatic heterocycles. The summed E-state index contributed by atoms with van der Waals surface area (Å²) in [4.78, 5) is 25.7. The van der Waals surface area contributed by atoms with Gasteiger partial charge in [0.15, 0.2) is 5.82 Å². The Morgan fingerprint density at radius 3 is 2.36 bits per heavy atom. The molecule has 0 saturated carbocycles. The van der Waals surface area contributed by atoms with E-state index in [0.717, 1.165) is 16.7 Å². The number of carbonyl (C=O) groups excluding carboxylic acids is 1. The first-order valence-electron chi connectivity index (χ1n) is 10.8. The van der Waals surface area contributed by atoms with E-state index < -0.39 is 23.7 Å². The van der Waals surface area contributed by atoms with Crippen LogP contribution < -0.4 is 0 Å². The molecule has 1 fully saturated rings. The van der Waals surface area contributed by atoms with Gasteiger partial charge < -0.3 is 9.84 Å². The van der Waals surface area contributed by atoms with Crippen LogP contribution in [0.1, 0.15) is 44.5 Å². The standard InChI is InChI=1S/C24H27N5O4/c1-24(2,3)33-23(32)28-15-19(13-20(28)22(30)31)21-25-26-27-29(21)14-16-9-11-18(12-10-16)17-7-5-4-6-8-17/h4-12,19-20H,13-15H2,1-3H3,(H,30,31)/t19-,20+/m1/s1. The minimum absolute atomic E-state index is 0.180. The molecule has 0 aliphatic carbocycles. The van der Waals surface area contributed by atoms with Crippen molar-refractivity contribution in [3.8, 4) is 11.1 Å². The quantitative estimate of drug-likeness (QED) is 0.634. The van der Waals surface area contributed by atoms with Gasteiger partial charge in [-0.25, -0.2) is 14.3 Å². The summed E-state index contributed by atoms with van der Waals surface area (Å²) >= 11 is 0. The van der Waals surface area contributed by atoms with E-state index in [-0.39, 0.29) is 18.9 Å². The number of nitrogens with zero attached hydrogens (tertiary/aromatic N) is 5. The maximum absolute atomic E-state index is 12.6. The number of carbonyl (C=O) groups is 2. The summed E-state index contributed by atoms with van der Waals surface area (Å²) in [5.74, 6) is -0.824. The molecule has 1 aliphatic rings. The Bertz CT molecular complexity index is 1120. The summed E-state index contributed by atoms with van der Waals surface area (Å²) in [6.07, 6.45) is -0.421. The van der Waals surface area contributed by atoms with Crippen LogP contribution in [0.5, 0.6) is 0 Å². The highest BCUT2D eigenvalue weighted by molar-refractivity contribution is 5.81. The Hall–Kier alpha value is -3.75. The predicted octanol–water partition coefficient (Wildman–Crippen LogP) is 3.57. The van der Waals surface area contributed by atoms with Crippen LogP contribution in [-0.4, -0.2) is 60.5 Å². The number of carboxylic acid groups (broad SMARTS) is 1. The van der Waals surface area contributed by atoms with Crippen LogP contribution >= 0.6 is 0 Å². The zero-order valence-electron chi connectivity index (χ0n) is 18.9. The number of benzene rings is 2. The first-order chi connectivity index (χ1) is 15.7. The maximum atomic E-state index is 12.6. The largest absolute Gasteiger partial charge is 0.480 e. The van der Waals surface area contributed by atoms with Crippen LogP contribution in [0.4, 0.5) is 4.79 Å². The summed E-state index contributed by atoms with van der Waals surface area (Å²) < 4.78 is 7.07. The van der Waals surface area contributed by atoms with Gasteiger partial charge in [-0.2, -0.15) is 0 Å². The fourth-order valence-electron chi connectivity index (χ4n) is 4.00. The van der Waals surface area contributed by atoms with Crippen molar-refractivity contribution in [2.45, 2.75) is 51.3 Å². The lowest BCUT2D eigenvalue weighted by Gasteiger charge is -2.26. The molecular formula is C24H27N5O4. The van der Waals surface area contributed by atoms with Gasteiger partial charge in [-0.3, -0.25) is 4.90 Å². The van der Waals surface area contributed by atoms with Crippen LogP contribution in [0.3, 0.4) is 0 Å². The van der Waals surface area contributed by atoms with E-state index in [1.807, 2.05) is 30.3 Å². The first-order valence-corrected chi connectivity index (χ1v) is 10.8. The zero-order chi connectivity index (χ0) is 23.6. The number of rotatable bonds is 5. The van der Waals surface area contributed by atoms with Gasteiger partial charge >= 0.3 is 12.1 Å². The van der Waals surface area contributed by atoms with Gasteiger partial charge in [0.25, 0.3) is 0 Å². The van der Waals surface area contributed by atoms with E-state index in [9.17, 15) is 14.7 Å². The molecule has 2 heterocycles. The van der Waals surface area contributed by atoms with E-state index in [2.05, 4.69) is 39.8 Å². The highest BCUT2D eigenvalue weighted by Gasteiger charge is 2.43. The SMILES string of the molecule is CC(C)(C)OC(=O)N1C[C@H](c2nnnn2Cc2ccc(-c3ccccc3)cc2)C[C@H]1C(=O)O. The summed E-state index contributed by atoms with van der Waals surface area (Å²) in [5.41, 5.74) is 2.55. The molecule has 9 nitrogen and oxygen atoms in total. The molecular weight excluding hydrogens is 422 g/mol. The number of hydrogen-bond acceptors (Lipinski definition) is 6. The number of likely N-dealkylation sites (tertiary alicyclic amines) is 1. The second-order valence-corrected chi connectivity index (χ2v) is 9.18. The van der Waals surface area contributed by atoms with Crippen LogP contribution in [0.25, 0.3) is 11.1 Å². The molecule has 4 rings (SSSR count). The van der Waals surface area contributed by atoms with Gasteiger partial charge in [-0.1, -0.05) is 54.6 Å². The lowest BCUT2D eigenvalue weighted by Crippen LogP contribution is -2.43. The average Bonchev–Trinajstić information content (AvgIpc) is 3.41. The van der Waals surface area contributed by atoms with Gasteiger partial charge in [-0.15, -0.1) is 5.10 Å². The van der Waals surface area contributed by atoms with E-state index in [0.29, 0.717) is 12.4 Å². The fraction of sp³-hybridized carbons (Fsp3) is 0.375. The second kappa shape index (κ2) is 9.01.